The number of aliphatic carboxylic acids is 1. The van der Waals surface area contributed by atoms with Crippen molar-refractivity contribution in [3.05, 3.63) is 22.4 Å². The zero-order chi connectivity index (χ0) is 14.1. The summed E-state index contributed by atoms with van der Waals surface area (Å²) in [7, 11) is 0. The molecule has 1 saturated carbocycles. The van der Waals surface area contributed by atoms with E-state index in [4.69, 9.17) is 0 Å². The van der Waals surface area contributed by atoms with Crippen LogP contribution >= 0.6 is 11.3 Å². The molecule has 2 heterocycles. The van der Waals surface area contributed by atoms with E-state index < -0.39 is 12.0 Å². The van der Waals surface area contributed by atoms with Gasteiger partial charge in [0.25, 0.3) is 0 Å². The Morgan fingerprint density at radius 1 is 1.35 bits per heavy atom. The third-order valence-corrected chi connectivity index (χ3v) is 5.33. The van der Waals surface area contributed by atoms with E-state index in [0.717, 1.165) is 24.8 Å². The van der Waals surface area contributed by atoms with Gasteiger partial charge in [0.05, 0.1) is 6.42 Å². The summed E-state index contributed by atoms with van der Waals surface area (Å²) in [5, 5.41) is 13.3. The van der Waals surface area contributed by atoms with Crippen LogP contribution < -0.4 is 0 Å². The van der Waals surface area contributed by atoms with E-state index in [1.54, 1.807) is 16.2 Å². The Hall–Kier alpha value is -1.36. The Morgan fingerprint density at radius 3 is 2.85 bits per heavy atom. The van der Waals surface area contributed by atoms with Crippen molar-refractivity contribution in [3.8, 4) is 0 Å². The predicted octanol–water partition coefficient (Wildman–Crippen LogP) is 2.53. The van der Waals surface area contributed by atoms with E-state index in [-0.39, 0.29) is 11.9 Å². The van der Waals surface area contributed by atoms with Crippen molar-refractivity contribution in [2.24, 2.45) is 5.92 Å². The highest BCUT2D eigenvalue weighted by Crippen LogP contribution is 2.40. The normalized spacial score (nSPS) is 29.2. The summed E-state index contributed by atoms with van der Waals surface area (Å²) in [5.74, 6) is -0.487. The molecule has 1 N–H and O–H groups in total. The number of fused-ring (bicyclic) bond motifs is 1. The van der Waals surface area contributed by atoms with Crippen molar-refractivity contribution in [2.75, 3.05) is 0 Å². The maximum atomic E-state index is 12.5. The van der Waals surface area contributed by atoms with E-state index in [9.17, 15) is 14.7 Å². The maximum absolute atomic E-state index is 12.5. The Balaban J connectivity index is 1.79. The van der Waals surface area contributed by atoms with Gasteiger partial charge in [0.15, 0.2) is 0 Å². The summed E-state index contributed by atoms with van der Waals surface area (Å²) in [6, 6.07) is 1.47. The van der Waals surface area contributed by atoms with Gasteiger partial charge < -0.3 is 10.0 Å². The van der Waals surface area contributed by atoms with Crippen molar-refractivity contribution in [1.82, 2.24) is 4.90 Å². The summed E-state index contributed by atoms with van der Waals surface area (Å²) in [5.41, 5.74) is 0.989. The third kappa shape index (κ3) is 2.46. The Morgan fingerprint density at radius 2 is 2.15 bits per heavy atom. The molecule has 4 nitrogen and oxygen atoms in total. The molecule has 1 aromatic rings. The van der Waals surface area contributed by atoms with Gasteiger partial charge in [-0.15, -0.1) is 0 Å². The molecule has 2 fully saturated rings. The first-order valence-electron chi connectivity index (χ1n) is 7.22. The fraction of sp³-hybridized carbons (Fsp3) is 0.600. The van der Waals surface area contributed by atoms with Crippen LogP contribution in [0.2, 0.25) is 0 Å². The van der Waals surface area contributed by atoms with E-state index in [1.807, 2.05) is 16.8 Å². The largest absolute Gasteiger partial charge is 0.480 e. The van der Waals surface area contributed by atoms with Gasteiger partial charge in [-0.2, -0.15) is 11.3 Å². The predicted molar refractivity (Wildman–Crippen MR) is 76.7 cm³/mol. The second-order valence-electron chi connectivity index (χ2n) is 5.81. The van der Waals surface area contributed by atoms with Crippen LogP contribution in [0.4, 0.5) is 0 Å². The number of carboxylic acid groups (broad SMARTS) is 1. The van der Waals surface area contributed by atoms with Crippen LogP contribution in [0.5, 0.6) is 0 Å². The van der Waals surface area contributed by atoms with Crippen molar-refractivity contribution in [1.29, 1.82) is 0 Å². The lowest BCUT2D eigenvalue weighted by atomic mass is 9.84. The van der Waals surface area contributed by atoms with Gasteiger partial charge in [-0.1, -0.05) is 12.8 Å². The van der Waals surface area contributed by atoms with Gasteiger partial charge in [0.2, 0.25) is 5.91 Å². The lowest BCUT2D eigenvalue weighted by Crippen LogP contribution is -2.46. The van der Waals surface area contributed by atoms with Crippen molar-refractivity contribution >= 4 is 23.2 Å². The molecule has 5 heteroatoms. The average Bonchev–Trinajstić information content (AvgIpc) is 3.04. The molecule has 20 heavy (non-hydrogen) atoms. The highest BCUT2D eigenvalue weighted by atomic mass is 32.1. The molecular weight excluding hydrogens is 274 g/mol. The van der Waals surface area contributed by atoms with E-state index in [2.05, 4.69) is 0 Å². The highest BCUT2D eigenvalue weighted by molar-refractivity contribution is 7.07. The van der Waals surface area contributed by atoms with Crippen molar-refractivity contribution in [3.63, 3.8) is 0 Å². The fourth-order valence-corrected chi connectivity index (χ4v) is 4.37. The zero-order valence-corrected chi connectivity index (χ0v) is 12.1. The first-order valence-corrected chi connectivity index (χ1v) is 8.16. The summed E-state index contributed by atoms with van der Waals surface area (Å²) >= 11 is 1.57. The molecule has 2 aliphatic rings. The van der Waals surface area contributed by atoms with Gasteiger partial charge >= 0.3 is 5.97 Å². The summed E-state index contributed by atoms with van der Waals surface area (Å²) in [6.45, 7) is 0. The number of hydrogen-bond donors (Lipinski definition) is 1. The monoisotopic (exact) mass is 293 g/mol. The number of hydrogen-bond acceptors (Lipinski definition) is 3. The van der Waals surface area contributed by atoms with Crippen molar-refractivity contribution in [2.45, 2.75) is 50.6 Å². The van der Waals surface area contributed by atoms with Gasteiger partial charge in [0.1, 0.15) is 6.04 Å². The lowest BCUT2D eigenvalue weighted by molar-refractivity contribution is -0.149. The van der Waals surface area contributed by atoms with Crippen molar-refractivity contribution < 1.29 is 14.7 Å². The van der Waals surface area contributed by atoms with E-state index in [1.165, 1.54) is 6.42 Å². The Kier molecular flexibility index (Phi) is 3.78. The molecule has 1 aliphatic carbocycles. The number of likely N-dealkylation sites (tertiary alicyclic amines) is 1. The molecule has 0 aromatic carbocycles. The SMILES string of the molecule is O=C(O)C1CC2CCCCC2N1C(=O)Cc1ccsc1. The Bertz CT molecular complexity index is 499. The van der Waals surface area contributed by atoms with Gasteiger partial charge in [-0.05, 0) is 47.6 Å². The fourth-order valence-electron chi connectivity index (χ4n) is 3.70. The molecule has 3 atom stereocenters. The first kappa shape index (κ1) is 13.6. The number of amides is 1. The molecule has 0 bridgehead atoms. The topological polar surface area (TPSA) is 57.6 Å². The minimum Gasteiger partial charge on any atom is -0.480 e. The second kappa shape index (κ2) is 5.56. The number of thiophene rings is 1. The smallest absolute Gasteiger partial charge is 0.326 e. The lowest BCUT2D eigenvalue weighted by Gasteiger charge is -2.33. The van der Waals surface area contributed by atoms with Crippen LogP contribution in [0.1, 0.15) is 37.7 Å². The van der Waals surface area contributed by atoms with Crippen LogP contribution in [0.15, 0.2) is 16.8 Å². The third-order valence-electron chi connectivity index (χ3n) is 4.60. The molecule has 1 amide bonds. The van der Waals surface area contributed by atoms with Gasteiger partial charge in [-0.3, -0.25) is 4.79 Å². The molecule has 108 valence electrons. The van der Waals surface area contributed by atoms with Crippen LogP contribution in [0, 0.1) is 5.92 Å². The van der Waals surface area contributed by atoms with Crippen LogP contribution in [0.3, 0.4) is 0 Å². The quantitative estimate of drug-likeness (QED) is 0.931. The molecule has 0 spiro atoms. The average molecular weight is 293 g/mol. The summed E-state index contributed by atoms with van der Waals surface area (Å²) in [6.07, 6.45) is 5.27. The number of carbonyl (C=O) groups excluding carboxylic acids is 1. The summed E-state index contributed by atoms with van der Waals surface area (Å²) < 4.78 is 0. The van der Waals surface area contributed by atoms with Crippen LogP contribution in [-0.2, 0) is 16.0 Å². The molecule has 0 radical (unpaired) electrons. The van der Waals surface area contributed by atoms with E-state index >= 15 is 0 Å². The Labute approximate surface area is 122 Å². The number of carbonyl (C=O) groups is 2. The molecule has 1 aliphatic heterocycles. The number of rotatable bonds is 3. The van der Waals surface area contributed by atoms with Crippen LogP contribution in [0.25, 0.3) is 0 Å². The van der Waals surface area contributed by atoms with E-state index in [0.29, 0.717) is 18.8 Å². The standard InChI is InChI=1S/C15H19NO3S/c17-14(7-10-5-6-20-9-10)16-12-4-2-1-3-11(12)8-13(16)15(18)19/h5-6,9,11-13H,1-4,7-8H2,(H,18,19). The number of nitrogens with zero attached hydrogens (tertiary/aromatic N) is 1. The molecule has 3 rings (SSSR count). The first-order chi connectivity index (χ1) is 9.66. The highest BCUT2D eigenvalue weighted by Gasteiger charge is 2.47. The van der Waals surface area contributed by atoms with Gasteiger partial charge in [-0.25, -0.2) is 4.79 Å². The van der Waals surface area contributed by atoms with Gasteiger partial charge in [0, 0.05) is 6.04 Å². The summed E-state index contributed by atoms with van der Waals surface area (Å²) in [4.78, 5) is 25.7. The molecular formula is C15H19NO3S. The molecule has 3 unspecified atom stereocenters. The van der Waals surface area contributed by atoms with Crippen LogP contribution in [-0.4, -0.2) is 34.0 Å². The molecule has 1 saturated heterocycles. The second-order valence-corrected chi connectivity index (χ2v) is 6.59. The minimum atomic E-state index is -0.849. The number of carboxylic acids is 1. The zero-order valence-electron chi connectivity index (χ0n) is 11.3. The molecule has 1 aromatic heterocycles. The minimum absolute atomic E-state index is 0.0230. The maximum Gasteiger partial charge on any atom is 0.326 e.